The van der Waals surface area contributed by atoms with Crippen molar-refractivity contribution in [3.8, 4) is 0 Å². The van der Waals surface area contributed by atoms with Gasteiger partial charge in [0.1, 0.15) is 10.4 Å². The van der Waals surface area contributed by atoms with Crippen molar-refractivity contribution in [2.24, 2.45) is 0 Å². The first kappa shape index (κ1) is 9.52. The number of hydrogen-bond acceptors (Lipinski definition) is 2. The molecule has 0 fully saturated rings. The van der Waals surface area contributed by atoms with Gasteiger partial charge in [0.05, 0.1) is 0 Å². The van der Waals surface area contributed by atoms with Crippen molar-refractivity contribution in [3.05, 3.63) is 22.8 Å². The van der Waals surface area contributed by atoms with Crippen LogP contribution < -0.4 is 5.32 Å². The Labute approximate surface area is 81.5 Å². The molecule has 3 heteroatoms. The van der Waals surface area contributed by atoms with Crippen molar-refractivity contribution in [1.82, 2.24) is 4.98 Å². The van der Waals surface area contributed by atoms with E-state index < -0.39 is 0 Å². The van der Waals surface area contributed by atoms with Crippen LogP contribution in [-0.2, 0) is 0 Å². The summed E-state index contributed by atoms with van der Waals surface area (Å²) in [5.41, 5.74) is 0. The Hall–Kier alpha value is -0.570. The Bertz CT molecular complexity index is 250. The van der Waals surface area contributed by atoms with Crippen LogP contribution in [0.25, 0.3) is 0 Å². The third-order valence-corrected chi connectivity index (χ3v) is 2.16. The molecular formula is C9H13BrN2. The van der Waals surface area contributed by atoms with Gasteiger partial charge < -0.3 is 5.32 Å². The van der Waals surface area contributed by atoms with Gasteiger partial charge in [-0.05, 0) is 41.4 Å². The molecule has 0 radical (unpaired) electrons. The Morgan fingerprint density at radius 2 is 2.33 bits per heavy atom. The largest absolute Gasteiger partial charge is 0.368 e. The summed E-state index contributed by atoms with van der Waals surface area (Å²) in [6.45, 7) is 4.29. The number of halogens is 1. The molecule has 0 aliphatic heterocycles. The van der Waals surface area contributed by atoms with Crippen molar-refractivity contribution in [2.75, 3.05) is 5.32 Å². The van der Waals surface area contributed by atoms with Crippen LogP contribution in [0.5, 0.6) is 0 Å². The molecule has 0 saturated heterocycles. The minimum atomic E-state index is 0.479. The zero-order chi connectivity index (χ0) is 8.97. The summed E-state index contributed by atoms with van der Waals surface area (Å²) in [4.78, 5) is 4.27. The van der Waals surface area contributed by atoms with E-state index in [2.05, 4.69) is 40.1 Å². The molecule has 12 heavy (non-hydrogen) atoms. The number of hydrogen-bond donors (Lipinski definition) is 1. The predicted octanol–water partition coefficient (Wildman–Crippen LogP) is 3.05. The zero-order valence-corrected chi connectivity index (χ0v) is 8.93. The third-order valence-electron chi connectivity index (χ3n) is 1.72. The van der Waals surface area contributed by atoms with Gasteiger partial charge in [-0.1, -0.05) is 13.0 Å². The topological polar surface area (TPSA) is 24.9 Å². The van der Waals surface area contributed by atoms with E-state index >= 15 is 0 Å². The highest BCUT2D eigenvalue weighted by atomic mass is 79.9. The third kappa shape index (κ3) is 2.81. The van der Waals surface area contributed by atoms with Crippen LogP contribution in [0, 0.1) is 0 Å². The van der Waals surface area contributed by atoms with Gasteiger partial charge >= 0.3 is 0 Å². The number of rotatable bonds is 3. The fourth-order valence-electron chi connectivity index (χ4n) is 0.843. The second-order valence-electron chi connectivity index (χ2n) is 2.80. The predicted molar refractivity (Wildman–Crippen MR) is 55.3 cm³/mol. The molecule has 0 spiro atoms. The second-order valence-corrected chi connectivity index (χ2v) is 3.61. The summed E-state index contributed by atoms with van der Waals surface area (Å²) in [5.74, 6) is 0.929. The molecule has 66 valence electrons. The van der Waals surface area contributed by atoms with Crippen LogP contribution in [0.3, 0.4) is 0 Å². The van der Waals surface area contributed by atoms with E-state index in [-0.39, 0.29) is 0 Å². The molecule has 1 aromatic heterocycles. The number of nitrogens with zero attached hydrogens (tertiary/aromatic N) is 1. The second kappa shape index (κ2) is 4.45. The fraction of sp³-hybridized carbons (Fsp3) is 0.444. The van der Waals surface area contributed by atoms with E-state index in [0.29, 0.717) is 6.04 Å². The van der Waals surface area contributed by atoms with Crippen LogP contribution in [-0.4, -0.2) is 11.0 Å². The van der Waals surface area contributed by atoms with Crippen LogP contribution in [0.4, 0.5) is 5.82 Å². The van der Waals surface area contributed by atoms with Gasteiger partial charge in [0.15, 0.2) is 0 Å². The van der Waals surface area contributed by atoms with Crippen molar-refractivity contribution in [2.45, 2.75) is 26.3 Å². The molecule has 0 amide bonds. The maximum Gasteiger partial charge on any atom is 0.127 e. The highest BCUT2D eigenvalue weighted by molar-refractivity contribution is 9.10. The van der Waals surface area contributed by atoms with Crippen LogP contribution >= 0.6 is 15.9 Å². The van der Waals surface area contributed by atoms with Gasteiger partial charge in [-0.3, -0.25) is 0 Å². The molecule has 1 aromatic rings. The number of anilines is 1. The van der Waals surface area contributed by atoms with Gasteiger partial charge in [0.25, 0.3) is 0 Å². The first-order valence-corrected chi connectivity index (χ1v) is 4.90. The maximum atomic E-state index is 4.27. The minimum Gasteiger partial charge on any atom is -0.368 e. The molecular weight excluding hydrogens is 216 g/mol. The molecule has 0 bridgehead atoms. The lowest BCUT2D eigenvalue weighted by molar-refractivity contribution is 0.759. The summed E-state index contributed by atoms with van der Waals surface area (Å²) < 4.78 is 0.871. The average molecular weight is 229 g/mol. The molecule has 1 unspecified atom stereocenters. The SMILES string of the molecule is CCC(C)Nc1cccc(Br)n1. The Morgan fingerprint density at radius 3 is 2.92 bits per heavy atom. The average Bonchev–Trinajstić information content (AvgIpc) is 2.04. The van der Waals surface area contributed by atoms with E-state index in [1.807, 2.05) is 18.2 Å². The molecule has 1 N–H and O–H groups in total. The summed E-state index contributed by atoms with van der Waals surface area (Å²) in [6.07, 6.45) is 1.11. The summed E-state index contributed by atoms with van der Waals surface area (Å²) in [6, 6.07) is 6.34. The normalized spacial score (nSPS) is 12.6. The van der Waals surface area contributed by atoms with E-state index in [0.717, 1.165) is 16.8 Å². The summed E-state index contributed by atoms with van der Waals surface area (Å²) in [7, 11) is 0. The van der Waals surface area contributed by atoms with Gasteiger partial charge in [-0.25, -0.2) is 4.98 Å². The van der Waals surface area contributed by atoms with Crippen LogP contribution in [0.15, 0.2) is 22.8 Å². The van der Waals surface area contributed by atoms with Crippen LogP contribution in [0.2, 0.25) is 0 Å². The van der Waals surface area contributed by atoms with E-state index in [1.54, 1.807) is 0 Å². The number of pyridine rings is 1. The van der Waals surface area contributed by atoms with E-state index in [9.17, 15) is 0 Å². The standard InChI is InChI=1S/C9H13BrN2/c1-3-7(2)11-9-6-4-5-8(10)12-9/h4-7H,3H2,1-2H3,(H,11,12). The quantitative estimate of drug-likeness (QED) is 0.805. The van der Waals surface area contributed by atoms with E-state index in [4.69, 9.17) is 0 Å². The maximum absolute atomic E-state index is 4.27. The Balaban J connectivity index is 2.63. The molecule has 1 rings (SSSR count). The lowest BCUT2D eigenvalue weighted by Gasteiger charge is -2.11. The van der Waals surface area contributed by atoms with Crippen molar-refractivity contribution in [3.63, 3.8) is 0 Å². The zero-order valence-electron chi connectivity index (χ0n) is 7.34. The van der Waals surface area contributed by atoms with Gasteiger partial charge in [-0.15, -0.1) is 0 Å². The smallest absolute Gasteiger partial charge is 0.127 e. The first-order chi connectivity index (χ1) is 5.72. The van der Waals surface area contributed by atoms with E-state index in [1.165, 1.54) is 0 Å². The number of nitrogens with one attached hydrogen (secondary N) is 1. The van der Waals surface area contributed by atoms with Crippen LogP contribution in [0.1, 0.15) is 20.3 Å². The highest BCUT2D eigenvalue weighted by Crippen LogP contribution is 2.11. The lowest BCUT2D eigenvalue weighted by Crippen LogP contribution is -2.14. The Kier molecular flexibility index (Phi) is 3.53. The molecule has 0 aliphatic rings. The molecule has 0 aliphatic carbocycles. The van der Waals surface area contributed by atoms with Gasteiger partial charge in [0.2, 0.25) is 0 Å². The monoisotopic (exact) mass is 228 g/mol. The first-order valence-electron chi connectivity index (χ1n) is 4.11. The molecule has 2 nitrogen and oxygen atoms in total. The van der Waals surface area contributed by atoms with Crippen molar-refractivity contribution >= 4 is 21.7 Å². The fourth-order valence-corrected chi connectivity index (χ4v) is 1.19. The summed E-state index contributed by atoms with van der Waals surface area (Å²) in [5, 5.41) is 3.29. The molecule has 0 aromatic carbocycles. The lowest BCUT2D eigenvalue weighted by atomic mass is 10.2. The molecule has 1 heterocycles. The Morgan fingerprint density at radius 1 is 1.58 bits per heavy atom. The van der Waals surface area contributed by atoms with Crippen molar-refractivity contribution in [1.29, 1.82) is 0 Å². The molecule has 0 saturated carbocycles. The van der Waals surface area contributed by atoms with Crippen molar-refractivity contribution < 1.29 is 0 Å². The minimum absolute atomic E-state index is 0.479. The molecule has 1 atom stereocenters. The summed E-state index contributed by atoms with van der Waals surface area (Å²) >= 11 is 3.32. The van der Waals surface area contributed by atoms with Gasteiger partial charge in [-0.2, -0.15) is 0 Å². The highest BCUT2D eigenvalue weighted by Gasteiger charge is 1.99. The number of aromatic nitrogens is 1. The van der Waals surface area contributed by atoms with Gasteiger partial charge in [0, 0.05) is 6.04 Å².